The molecule has 26 heavy (non-hydrogen) atoms. The highest BCUT2D eigenvalue weighted by Gasteiger charge is 2.51. The third kappa shape index (κ3) is 6.80. The molecule has 0 aromatic carbocycles. The summed E-state index contributed by atoms with van der Waals surface area (Å²) in [5.74, 6) is -0.963. The van der Waals surface area contributed by atoms with E-state index in [1.807, 2.05) is 0 Å². The Labute approximate surface area is 157 Å². The van der Waals surface area contributed by atoms with Crippen molar-refractivity contribution in [2.45, 2.75) is 95.5 Å². The number of hydrogen-bond acceptors (Lipinski definition) is 6. The van der Waals surface area contributed by atoms with Crippen LogP contribution in [0.2, 0.25) is 0 Å². The third-order valence-electron chi connectivity index (χ3n) is 5.12. The van der Waals surface area contributed by atoms with Crippen LogP contribution in [0.4, 0.5) is 0 Å². The number of carbonyl (C=O) groups excluding carboxylic acids is 1. The van der Waals surface area contributed by atoms with Crippen molar-refractivity contribution in [3.05, 3.63) is 0 Å². The molecule has 2 atom stereocenters. The number of unbranched alkanes of at least 4 members (excludes halogenated alkanes) is 5. The Morgan fingerprint density at radius 2 is 1.77 bits per heavy atom. The molecule has 1 saturated heterocycles. The molecule has 0 aromatic rings. The van der Waals surface area contributed by atoms with Crippen LogP contribution in [0.5, 0.6) is 0 Å². The molecule has 0 radical (unpaired) electrons. The third-order valence-corrected chi connectivity index (χ3v) is 5.12. The fourth-order valence-corrected chi connectivity index (χ4v) is 3.71. The van der Waals surface area contributed by atoms with E-state index in [1.54, 1.807) is 7.11 Å². The molecule has 0 N–H and O–H groups in total. The standard InChI is InChI=1S/C20H36O6/c1-3-4-5-6-7-11-14-24-19(21)18-17(15-23-16-22-2)25-20(26-18)12-9-8-10-13-20/h17-18H,3-16H2,1-2H3. The van der Waals surface area contributed by atoms with Gasteiger partial charge in [-0.1, -0.05) is 45.4 Å². The van der Waals surface area contributed by atoms with Crippen LogP contribution < -0.4 is 0 Å². The summed E-state index contributed by atoms with van der Waals surface area (Å²) in [4.78, 5) is 12.5. The Hall–Kier alpha value is -0.690. The highest BCUT2D eigenvalue weighted by atomic mass is 16.8. The number of rotatable bonds is 12. The highest BCUT2D eigenvalue weighted by molar-refractivity contribution is 5.75. The largest absolute Gasteiger partial charge is 0.464 e. The normalized spacial score (nSPS) is 24.8. The summed E-state index contributed by atoms with van der Waals surface area (Å²) < 4.78 is 28.0. The SMILES string of the molecule is CCCCCCCCOC(=O)C1OC2(CCCCC2)OC1COCOC. The monoisotopic (exact) mass is 372 g/mol. The molecule has 2 fully saturated rings. The van der Waals surface area contributed by atoms with Crippen molar-refractivity contribution >= 4 is 5.97 Å². The highest BCUT2D eigenvalue weighted by Crippen LogP contribution is 2.40. The maximum absolute atomic E-state index is 12.5. The molecule has 2 aliphatic rings. The number of methoxy groups -OCH3 is 1. The molecular formula is C20H36O6. The smallest absolute Gasteiger partial charge is 0.338 e. The van der Waals surface area contributed by atoms with Gasteiger partial charge in [-0.05, 0) is 19.3 Å². The first-order valence-corrected chi connectivity index (χ1v) is 10.3. The minimum absolute atomic E-state index is 0.173. The number of ether oxygens (including phenoxy) is 5. The van der Waals surface area contributed by atoms with E-state index in [9.17, 15) is 4.79 Å². The van der Waals surface area contributed by atoms with E-state index in [4.69, 9.17) is 23.7 Å². The van der Waals surface area contributed by atoms with Gasteiger partial charge < -0.3 is 23.7 Å². The first-order chi connectivity index (χ1) is 12.7. The molecule has 152 valence electrons. The van der Waals surface area contributed by atoms with Gasteiger partial charge in [-0.15, -0.1) is 0 Å². The first kappa shape index (κ1) is 21.6. The topological polar surface area (TPSA) is 63.2 Å². The zero-order valence-electron chi connectivity index (χ0n) is 16.5. The van der Waals surface area contributed by atoms with Crippen molar-refractivity contribution in [1.29, 1.82) is 0 Å². The summed E-state index contributed by atoms with van der Waals surface area (Å²) in [6.45, 7) is 3.10. The minimum Gasteiger partial charge on any atom is -0.464 e. The van der Waals surface area contributed by atoms with Crippen molar-refractivity contribution < 1.29 is 28.5 Å². The lowest BCUT2D eigenvalue weighted by Crippen LogP contribution is -2.36. The number of carbonyl (C=O) groups is 1. The van der Waals surface area contributed by atoms with Crippen LogP contribution in [0.1, 0.15) is 77.6 Å². The number of esters is 1. The second-order valence-corrected chi connectivity index (χ2v) is 7.38. The van der Waals surface area contributed by atoms with Crippen LogP contribution >= 0.6 is 0 Å². The van der Waals surface area contributed by atoms with Gasteiger partial charge in [0.15, 0.2) is 11.9 Å². The van der Waals surface area contributed by atoms with E-state index >= 15 is 0 Å². The molecule has 1 saturated carbocycles. The lowest BCUT2D eigenvalue weighted by molar-refractivity contribution is -0.203. The van der Waals surface area contributed by atoms with Crippen molar-refractivity contribution in [2.75, 3.05) is 27.1 Å². The molecule has 2 rings (SSSR count). The Balaban J connectivity index is 1.77. The molecule has 1 aliphatic carbocycles. The van der Waals surface area contributed by atoms with Gasteiger partial charge in [-0.3, -0.25) is 0 Å². The van der Waals surface area contributed by atoms with Gasteiger partial charge >= 0.3 is 5.97 Å². The van der Waals surface area contributed by atoms with Crippen molar-refractivity contribution in [3.8, 4) is 0 Å². The summed E-state index contributed by atoms with van der Waals surface area (Å²) >= 11 is 0. The van der Waals surface area contributed by atoms with Gasteiger partial charge in [0.05, 0.1) is 13.2 Å². The fraction of sp³-hybridized carbons (Fsp3) is 0.950. The predicted octanol–water partition coefficient (Wildman–Crippen LogP) is 3.96. The van der Waals surface area contributed by atoms with Crippen molar-refractivity contribution in [1.82, 2.24) is 0 Å². The molecule has 0 amide bonds. The van der Waals surface area contributed by atoms with Crippen LogP contribution in [0.25, 0.3) is 0 Å². The molecule has 0 bridgehead atoms. The second kappa shape index (κ2) is 11.9. The van der Waals surface area contributed by atoms with Crippen LogP contribution in [0.15, 0.2) is 0 Å². The van der Waals surface area contributed by atoms with Gasteiger partial charge in [-0.2, -0.15) is 0 Å². The van der Waals surface area contributed by atoms with Gasteiger partial charge in [0.2, 0.25) is 0 Å². The average molecular weight is 373 g/mol. The lowest BCUT2D eigenvalue weighted by atomic mass is 9.94. The average Bonchev–Trinajstić information content (AvgIpc) is 2.99. The lowest BCUT2D eigenvalue weighted by Gasteiger charge is -2.31. The van der Waals surface area contributed by atoms with E-state index in [0.717, 1.165) is 38.5 Å². The van der Waals surface area contributed by atoms with Crippen molar-refractivity contribution in [2.24, 2.45) is 0 Å². The van der Waals surface area contributed by atoms with Crippen LogP contribution in [-0.2, 0) is 28.5 Å². The van der Waals surface area contributed by atoms with Gasteiger partial charge in [-0.25, -0.2) is 4.79 Å². The van der Waals surface area contributed by atoms with E-state index in [-0.39, 0.29) is 19.4 Å². The van der Waals surface area contributed by atoms with E-state index in [0.29, 0.717) is 6.61 Å². The predicted molar refractivity (Wildman–Crippen MR) is 97.7 cm³/mol. The van der Waals surface area contributed by atoms with E-state index < -0.39 is 18.0 Å². The van der Waals surface area contributed by atoms with Gasteiger partial charge in [0.25, 0.3) is 0 Å². The summed E-state index contributed by atoms with van der Waals surface area (Å²) in [5, 5.41) is 0. The summed E-state index contributed by atoms with van der Waals surface area (Å²) in [6.07, 6.45) is 10.8. The Kier molecular flexibility index (Phi) is 9.89. The maximum Gasteiger partial charge on any atom is 0.338 e. The maximum atomic E-state index is 12.5. The number of hydrogen-bond donors (Lipinski definition) is 0. The van der Waals surface area contributed by atoms with Crippen LogP contribution in [0.3, 0.4) is 0 Å². The summed E-state index contributed by atoms with van der Waals surface area (Å²) in [7, 11) is 1.57. The van der Waals surface area contributed by atoms with Crippen LogP contribution in [-0.4, -0.2) is 51.1 Å². The van der Waals surface area contributed by atoms with Crippen molar-refractivity contribution in [3.63, 3.8) is 0 Å². The van der Waals surface area contributed by atoms with E-state index in [2.05, 4.69) is 6.92 Å². The van der Waals surface area contributed by atoms with Crippen LogP contribution in [0, 0.1) is 0 Å². The van der Waals surface area contributed by atoms with Gasteiger partial charge in [0.1, 0.15) is 12.9 Å². The molecular weight excluding hydrogens is 336 g/mol. The molecule has 0 aromatic heterocycles. The zero-order valence-corrected chi connectivity index (χ0v) is 16.5. The summed E-state index contributed by atoms with van der Waals surface area (Å²) in [5.41, 5.74) is 0. The first-order valence-electron chi connectivity index (χ1n) is 10.3. The fourth-order valence-electron chi connectivity index (χ4n) is 3.71. The molecule has 6 heteroatoms. The molecule has 1 spiro atoms. The summed E-state index contributed by atoms with van der Waals surface area (Å²) in [6, 6.07) is 0. The van der Waals surface area contributed by atoms with E-state index in [1.165, 1.54) is 32.1 Å². The Bertz CT molecular complexity index is 394. The zero-order chi connectivity index (χ0) is 18.7. The minimum atomic E-state index is -0.704. The van der Waals surface area contributed by atoms with Gasteiger partial charge in [0, 0.05) is 20.0 Å². The Morgan fingerprint density at radius 3 is 2.50 bits per heavy atom. The molecule has 2 unspecified atom stereocenters. The second-order valence-electron chi connectivity index (χ2n) is 7.38. The quantitative estimate of drug-likeness (QED) is 0.294. The molecule has 1 heterocycles. The molecule has 1 aliphatic heterocycles. The Morgan fingerprint density at radius 1 is 1.04 bits per heavy atom. The molecule has 6 nitrogen and oxygen atoms in total.